The number of hydrogen-bond acceptors (Lipinski definition) is 6. The summed E-state index contributed by atoms with van der Waals surface area (Å²) in [5.74, 6) is -3.26. The van der Waals surface area contributed by atoms with E-state index in [2.05, 4.69) is 0 Å². The van der Waals surface area contributed by atoms with E-state index in [4.69, 9.17) is 0 Å². The van der Waals surface area contributed by atoms with Crippen LogP contribution in [0.1, 0.15) is 27.0 Å². The largest absolute Gasteiger partial charge is 0.298 e. The highest BCUT2D eigenvalue weighted by molar-refractivity contribution is 7.94. The highest BCUT2D eigenvalue weighted by Gasteiger charge is 2.33. The topological polar surface area (TPSA) is 88.6 Å². The molecule has 2 amide bonds. The minimum Gasteiger partial charge on any atom is -0.298 e. The summed E-state index contributed by atoms with van der Waals surface area (Å²) < 4.78 is 39.5. The second kappa shape index (κ2) is 8.40. The maximum atomic E-state index is 14.9. The third kappa shape index (κ3) is 4.26. The smallest absolute Gasteiger partial charge is 0.265 e. The second-order valence-corrected chi connectivity index (χ2v) is 10.7. The molecule has 0 fully saturated rings. The Bertz CT molecular complexity index is 1350. The van der Waals surface area contributed by atoms with Crippen LogP contribution in [0.4, 0.5) is 10.1 Å². The number of aryl methyl sites for hydroxylation is 1. The third-order valence-electron chi connectivity index (χ3n) is 5.10. The maximum Gasteiger partial charge on any atom is 0.265 e. The number of thiophene rings is 1. The summed E-state index contributed by atoms with van der Waals surface area (Å²) >= 11 is 1.03. The molecule has 0 N–H and O–H groups in total. The Morgan fingerprint density at radius 3 is 2.59 bits per heavy atom. The van der Waals surface area contributed by atoms with Crippen molar-refractivity contribution in [1.29, 1.82) is 0 Å². The summed E-state index contributed by atoms with van der Waals surface area (Å²) in [5.41, 5.74) is 1.84. The van der Waals surface area contributed by atoms with Crippen molar-refractivity contribution in [3.05, 3.63) is 82.0 Å². The summed E-state index contributed by atoms with van der Waals surface area (Å²) in [6.45, 7) is 1.82. The lowest BCUT2D eigenvalue weighted by Crippen LogP contribution is -2.43. The van der Waals surface area contributed by atoms with E-state index in [1.165, 1.54) is 18.2 Å². The van der Waals surface area contributed by atoms with Crippen LogP contribution in [0.15, 0.2) is 58.1 Å². The van der Waals surface area contributed by atoms with Gasteiger partial charge in [-0.3, -0.25) is 14.4 Å². The molecule has 0 atom stereocenters. The van der Waals surface area contributed by atoms with Gasteiger partial charge in [0.25, 0.3) is 5.91 Å². The van der Waals surface area contributed by atoms with Crippen LogP contribution in [0.25, 0.3) is 0 Å². The van der Waals surface area contributed by atoms with Gasteiger partial charge in [0.2, 0.25) is 5.91 Å². The lowest BCUT2D eigenvalue weighted by Gasteiger charge is -2.27. The molecule has 1 aliphatic heterocycles. The first-order chi connectivity index (χ1) is 15.2. The summed E-state index contributed by atoms with van der Waals surface area (Å²) in [4.78, 5) is 38.5. The van der Waals surface area contributed by atoms with Gasteiger partial charge in [-0.2, -0.15) is 0 Å². The molecule has 4 rings (SSSR count). The third-order valence-corrected chi connectivity index (χ3v) is 8.26. The van der Waals surface area contributed by atoms with E-state index < -0.39 is 39.0 Å². The molecule has 0 saturated heterocycles. The van der Waals surface area contributed by atoms with Gasteiger partial charge >= 0.3 is 0 Å². The normalized spacial score (nSPS) is 13.9. The van der Waals surface area contributed by atoms with Gasteiger partial charge in [-0.1, -0.05) is 29.8 Å². The molecular formula is C23H18FNO5S2. The number of carbonyl (C=O) groups excluding carboxylic acids is 3. The minimum atomic E-state index is -3.74. The summed E-state index contributed by atoms with van der Waals surface area (Å²) in [7, 11) is -3.74. The number of Topliss-reactive ketones (excluding diaryl/α,β-unsaturated/α-hetero) is 1. The predicted octanol–water partition coefficient (Wildman–Crippen LogP) is 3.51. The van der Waals surface area contributed by atoms with E-state index in [-0.39, 0.29) is 28.3 Å². The zero-order valence-corrected chi connectivity index (χ0v) is 18.6. The molecule has 0 radical (unpaired) electrons. The zero-order valence-electron chi connectivity index (χ0n) is 17.0. The van der Waals surface area contributed by atoms with Crippen molar-refractivity contribution in [2.45, 2.75) is 24.0 Å². The molecule has 0 saturated carbocycles. The number of anilines is 1. The lowest BCUT2D eigenvalue weighted by molar-refractivity contribution is -0.118. The van der Waals surface area contributed by atoms with E-state index in [9.17, 15) is 27.2 Å². The predicted molar refractivity (Wildman–Crippen MR) is 118 cm³/mol. The average Bonchev–Trinajstić information content (AvgIpc) is 3.26. The van der Waals surface area contributed by atoms with Crippen LogP contribution in [-0.4, -0.2) is 31.8 Å². The Kier molecular flexibility index (Phi) is 5.79. The molecule has 1 aromatic heterocycles. The standard InChI is InChI=1S/C23H18FNO5S2/c1-14-4-6-16-12-21(27)25(23(28)18(16)9-14)20-7-5-15(11-19(20)24)10-17(26)13-32(29,30)22-3-2-8-31-22/h2-9,11H,10,12-13H2,1H3. The molecule has 164 valence electrons. The minimum absolute atomic E-state index is 0.0262. The van der Waals surface area contributed by atoms with Crippen LogP contribution >= 0.6 is 11.3 Å². The van der Waals surface area contributed by atoms with E-state index in [0.29, 0.717) is 11.1 Å². The van der Waals surface area contributed by atoms with Gasteiger partial charge in [-0.25, -0.2) is 17.7 Å². The number of rotatable bonds is 6. The molecule has 2 aromatic carbocycles. The molecule has 2 heterocycles. The number of fused-ring (bicyclic) bond motifs is 1. The number of nitrogens with zero attached hydrogens (tertiary/aromatic N) is 1. The monoisotopic (exact) mass is 471 g/mol. The van der Waals surface area contributed by atoms with E-state index in [1.807, 2.05) is 6.92 Å². The fourth-order valence-corrected chi connectivity index (χ4v) is 5.94. The van der Waals surface area contributed by atoms with E-state index >= 15 is 0 Å². The number of hydrogen-bond donors (Lipinski definition) is 0. The highest BCUT2D eigenvalue weighted by Crippen LogP contribution is 2.29. The van der Waals surface area contributed by atoms with E-state index in [0.717, 1.165) is 27.9 Å². The van der Waals surface area contributed by atoms with Crippen LogP contribution in [0, 0.1) is 12.7 Å². The highest BCUT2D eigenvalue weighted by atomic mass is 32.2. The van der Waals surface area contributed by atoms with Gasteiger partial charge in [-0.05, 0) is 47.7 Å². The van der Waals surface area contributed by atoms with Gasteiger partial charge in [0.1, 0.15) is 15.8 Å². The van der Waals surface area contributed by atoms with Crippen LogP contribution in [-0.2, 0) is 32.3 Å². The Labute approximate surface area is 188 Å². The van der Waals surface area contributed by atoms with Crippen molar-refractivity contribution in [2.24, 2.45) is 0 Å². The van der Waals surface area contributed by atoms with E-state index in [1.54, 1.807) is 29.6 Å². The van der Waals surface area contributed by atoms with Gasteiger partial charge in [-0.15, -0.1) is 11.3 Å². The first kappa shape index (κ1) is 22.0. The molecule has 0 spiro atoms. The summed E-state index contributed by atoms with van der Waals surface area (Å²) in [6, 6.07) is 11.9. The van der Waals surface area contributed by atoms with Crippen molar-refractivity contribution in [3.63, 3.8) is 0 Å². The van der Waals surface area contributed by atoms with Crippen LogP contribution in [0.3, 0.4) is 0 Å². The van der Waals surface area contributed by atoms with Gasteiger partial charge in [0.05, 0.1) is 12.1 Å². The number of sulfone groups is 1. The molecule has 0 unspecified atom stereocenters. The molecule has 1 aliphatic rings. The molecule has 0 bridgehead atoms. The van der Waals surface area contributed by atoms with Gasteiger partial charge < -0.3 is 0 Å². The maximum absolute atomic E-state index is 14.9. The zero-order chi connectivity index (χ0) is 23.0. The van der Waals surface area contributed by atoms with Crippen molar-refractivity contribution >= 4 is 44.5 Å². The molecule has 6 nitrogen and oxygen atoms in total. The first-order valence-electron chi connectivity index (χ1n) is 9.69. The average molecular weight is 472 g/mol. The molecule has 32 heavy (non-hydrogen) atoms. The molecule has 3 aromatic rings. The summed E-state index contributed by atoms with van der Waals surface area (Å²) in [5, 5.41) is 1.61. The SMILES string of the molecule is Cc1ccc2c(c1)C(=O)N(c1ccc(CC(=O)CS(=O)(=O)c3cccs3)cc1F)C(=O)C2. The number of imide groups is 1. The Morgan fingerprint density at radius 1 is 1.12 bits per heavy atom. The van der Waals surface area contributed by atoms with Crippen molar-refractivity contribution in [2.75, 3.05) is 10.7 Å². The number of amides is 2. The Hall–Kier alpha value is -3.17. The number of halogens is 1. The van der Waals surface area contributed by atoms with Gasteiger partial charge in [0, 0.05) is 12.0 Å². The van der Waals surface area contributed by atoms with Crippen LogP contribution < -0.4 is 4.90 Å². The Morgan fingerprint density at radius 2 is 1.91 bits per heavy atom. The number of benzene rings is 2. The Balaban J connectivity index is 1.54. The van der Waals surface area contributed by atoms with Crippen LogP contribution in [0.5, 0.6) is 0 Å². The van der Waals surface area contributed by atoms with Gasteiger partial charge in [0.15, 0.2) is 15.6 Å². The van der Waals surface area contributed by atoms with Crippen molar-refractivity contribution in [1.82, 2.24) is 0 Å². The molecular weight excluding hydrogens is 453 g/mol. The quantitative estimate of drug-likeness (QED) is 0.514. The fraction of sp³-hybridized carbons (Fsp3) is 0.174. The first-order valence-corrected chi connectivity index (χ1v) is 12.2. The molecule has 9 heteroatoms. The number of ketones is 1. The summed E-state index contributed by atoms with van der Waals surface area (Å²) in [6.07, 6.45) is -0.312. The van der Waals surface area contributed by atoms with Crippen LogP contribution in [0.2, 0.25) is 0 Å². The van der Waals surface area contributed by atoms with Crippen molar-refractivity contribution < 1.29 is 27.2 Å². The van der Waals surface area contributed by atoms with Crippen molar-refractivity contribution in [3.8, 4) is 0 Å². The second-order valence-electron chi connectivity index (χ2n) is 7.56. The fourth-order valence-electron chi connectivity index (χ4n) is 3.61. The number of carbonyl (C=O) groups is 3. The lowest BCUT2D eigenvalue weighted by atomic mass is 9.96. The molecule has 0 aliphatic carbocycles.